The Morgan fingerprint density at radius 1 is 1.67 bits per heavy atom. The van der Waals surface area contributed by atoms with E-state index < -0.39 is 0 Å². The maximum atomic E-state index is 8.52. The van der Waals surface area contributed by atoms with Gasteiger partial charge in [-0.15, -0.1) is 0 Å². The summed E-state index contributed by atoms with van der Waals surface area (Å²) >= 11 is 5.78. The molecule has 0 spiro atoms. The first kappa shape index (κ1) is 9.09. The summed E-state index contributed by atoms with van der Waals surface area (Å²) in [6.45, 7) is 0.471. The van der Waals surface area contributed by atoms with Crippen molar-refractivity contribution < 1.29 is 5.11 Å². The van der Waals surface area contributed by atoms with Crippen molar-refractivity contribution in [2.45, 2.75) is 0 Å². The zero-order valence-electron chi connectivity index (χ0n) is 6.42. The molecule has 1 aromatic heterocycles. The summed E-state index contributed by atoms with van der Waals surface area (Å²) in [5, 5.41) is 11.8. The number of halogens is 1. The Hall–Kier alpha value is -1.00. The Morgan fingerprint density at radius 3 is 3.00 bits per heavy atom. The lowest BCUT2D eigenvalue weighted by Crippen LogP contribution is -2.07. The second-order valence-corrected chi connectivity index (χ2v) is 2.66. The van der Waals surface area contributed by atoms with Crippen LogP contribution in [0.1, 0.15) is 0 Å². The number of anilines is 2. The number of aliphatic hydroxyl groups is 1. The van der Waals surface area contributed by atoms with E-state index in [1.807, 2.05) is 0 Å². The van der Waals surface area contributed by atoms with E-state index >= 15 is 0 Å². The Kier molecular flexibility index (Phi) is 3.13. The average molecular weight is 188 g/mol. The van der Waals surface area contributed by atoms with Gasteiger partial charge in [0.05, 0.1) is 23.5 Å². The SMILES string of the molecule is Nc1cnc(NCCO)c(Cl)c1. The second kappa shape index (κ2) is 4.13. The molecule has 0 bridgehead atoms. The van der Waals surface area contributed by atoms with Crippen LogP contribution in [-0.2, 0) is 0 Å². The fourth-order valence-electron chi connectivity index (χ4n) is 0.757. The van der Waals surface area contributed by atoms with Gasteiger partial charge in [-0.25, -0.2) is 4.98 Å². The Balaban J connectivity index is 2.72. The van der Waals surface area contributed by atoms with E-state index in [1.165, 1.54) is 6.20 Å². The molecule has 0 fully saturated rings. The highest BCUT2D eigenvalue weighted by molar-refractivity contribution is 6.33. The monoisotopic (exact) mass is 187 g/mol. The van der Waals surface area contributed by atoms with Crippen LogP contribution in [0.5, 0.6) is 0 Å². The fraction of sp³-hybridized carbons (Fsp3) is 0.286. The van der Waals surface area contributed by atoms with Crippen LogP contribution in [0.15, 0.2) is 12.3 Å². The molecule has 0 atom stereocenters. The van der Waals surface area contributed by atoms with E-state index in [1.54, 1.807) is 6.07 Å². The maximum Gasteiger partial charge on any atom is 0.144 e. The zero-order valence-corrected chi connectivity index (χ0v) is 7.17. The quantitative estimate of drug-likeness (QED) is 0.652. The third-order valence-corrected chi connectivity index (χ3v) is 1.55. The number of nitrogen functional groups attached to an aromatic ring is 1. The molecule has 0 aromatic carbocycles. The van der Waals surface area contributed by atoms with Crippen LogP contribution < -0.4 is 11.1 Å². The molecule has 0 unspecified atom stereocenters. The highest BCUT2D eigenvalue weighted by Gasteiger charge is 1.99. The predicted molar refractivity (Wildman–Crippen MR) is 49.2 cm³/mol. The van der Waals surface area contributed by atoms with Crippen LogP contribution in [0.25, 0.3) is 0 Å². The molecule has 66 valence electrons. The van der Waals surface area contributed by atoms with Crippen molar-refractivity contribution in [2.24, 2.45) is 0 Å². The molecule has 0 aliphatic carbocycles. The summed E-state index contributed by atoms with van der Waals surface area (Å²) in [5.41, 5.74) is 5.95. The van der Waals surface area contributed by atoms with Gasteiger partial charge in [-0.3, -0.25) is 0 Å². The summed E-state index contributed by atoms with van der Waals surface area (Å²) < 4.78 is 0. The summed E-state index contributed by atoms with van der Waals surface area (Å²) in [6.07, 6.45) is 1.51. The molecule has 0 aliphatic heterocycles. The van der Waals surface area contributed by atoms with Crippen molar-refractivity contribution in [3.63, 3.8) is 0 Å². The van der Waals surface area contributed by atoms with Gasteiger partial charge >= 0.3 is 0 Å². The van der Waals surface area contributed by atoms with Gasteiger partial charge in [0.25, 0.3) is 0 Å². The van der Waals surface area contributed by atoms with E-state index in [4.69, 9.17) is 22.4 Å². The Bertz CT molecular complexity index is 267. The van der Waals surface area contributed by atoms with E-state index in [-0.39, 0.29) is 6.61 Å². The number of nitrogens with one attached hydrogen (secondary N) is 1. The molecular weight excluding hydrogens is 178 g/mol. The van der Waals surface area contributed by atoms with Gasteiger partial charge < -0.3 is 16.2 Å². The van der Waals surface area contributed by atoms with Crippen LogP contribution in [0, 0.1) is 0 Å². The summed E-state index contributed by atoms with van der Waals surface area (Å²) in [4.78, 5) is 3.94. The van der Waals surface area contributed by atoms with Gasteiger partial charge in [-0.2, -0.15) is 0 Å². The van der Waals surface area contributed by atoms with Gasteiger partial charge in [0.15, 0.2) is 0 Å². The molecule has 5 heteroatoms. The topological polar surface area (TPSA) is 71.2 Å². The number of rotatable bonds is 3. The predicted octanol–water partition coefficient (Wildman–Crippen LogP) is 0.721. The number of nitrogens with zero attached hydrogens (tertiary/aromatic N) is 1. The number of aliphatic hydroxyl groups excluding tert-OH is 1. The molecule has 12 heavy (non-hydrogen) atoms. The molecule has 0 saturated heterocycles. The van der Waals surface area contributed by atoms with Crippen molar-refractivity contribution in [3.8, 4) is 0 Å². The number of pyridine rings is 1. The molecule has 0 saturated carbocycles. The van der Waals surface area contributed by atoms with Crippen molar-refractivity contribution in [3.05, 3.63) is 17.3 Å². The lowest BCUT2D eigenvalue weighted by Gasteiger charge is -2.05. The van der Waals surface area contributed by atoms with E-state index in [0.717, 1.165) is 0 Å². The van der Waals surface area contributed by atoms with Crippen LogP contribution in [-0.4, -0.2) is 23.2 Å². The molecule has 0 radical (unpaired) electrons. The maximum absolute atomic E-state index is 8.52. The molecule has 0 amide bonds. The average Bonchev–Trinajstić information content (AvgIpc) is 2.03. The van der Waals surface area contributed by atoms with E-state index in [9.17, 15) is 0 Å². The molecular formula is C7H10ClN3O. The standard InChI is InChI=1S/C7H10ClN3O/c8-6-3-5(9)4-11-7(6)10-1-2-12/h3-4,12H,1-2,9H2,(H,10,11). The largest absolute Gasteiger partial charge is 0.397 e. The first-order valence-electron chi connectivity index (χ1n) is 3.50. The summed E-state index contributed by atoms with van der Waals surface area (Å²) in [5.74, 6) is 0.542. The Labute approximate surface area is 75.4 Å². The number of hydrogen-bond acceptors (Lipinski definition) is 4. The lowest BCUT2D eigenvalue weighted by atomic mass is 10.4. The van der Waals surface area contributed by atoms with E-state index in [0.29, 0.717) is 23.1 Å². The summed E-state index contributed by atoms with van der Waals surface area (Å²) in [7, 11) is 0. The minimum atomic E-state index is 0.0440. The zero-order chi connectivity index (χ0) is 8.97. The first-order chi connectivity index (χ1) is 5.74. The highest BCUT2D eigenvalue weighted by atomic mass is 35.5. The number of hydrogen-bond donors (Lipinski definition) is 3. The Morgan fingerprint density at radius 2 is 2.42 bits per heavy atom. The molecule has 4 nitrogen and oxygen atoms in total. The summed E-state index contributed by atoms with van der Waals surface area (Å²) in [6, 6.07) is 1.61. The smallest absolute Gasteiger partial charge is 0.144 e. The highest BCUT2D eigenvalue weighted by Crippen LogP contribution is 2.20. The van der Waals surface area contributed by atoms with Gasteiger partial charge in [0.1, 0.15) is 5.82 Å². The minimum Gasteiger partial charge on any atom is -0.397 e. The third-order valence-electron chi connectivity index (χ3n) is 1.27. The molecule has 1 aromatic rings. The van der Waals surface area contributed by atoms with Gasteiger partial charge in [-0.05, 0) is 6.07 Å². The molecule has 0 aliphatic rings. The van der Waals surface area contributed by atoms with Crippen molar-refractivity contribution in [1.82, 2.24) is 4.98 Å². The molecule has 4 N–H and O–H groups in total. The lowest BCUT2D eigenvalue weighted by molar-refractivity contribution is 0.311. The normalized spacial score (nSPS) is 9.83. The molecule has 1 heterocycles. The molecule has 1 rings (SSSR count). The van der Waals surface area contributed by atoms with Gasteiger partial charge in [-0.1, -0.05) is 11.6 Å². The van der Waals surface area contributed by atoms with Crippen molar-refractivity contribution >= 4 is 23.1 Å². The number of aromatic nitrogens is 1. The van der Waals surface area contributed by atoms with E-state index in [2.05, 4.69) is 10.3 Å². The van der Waals surface area contributed by atoms with Gasteiger partial charge in [0, 0.05) is 6.54 Å². The van der Waals surface area contributed by atoms with Crippen LogP contribution in [0.4, 0.5) is 11.5 Å². The first-order valence-corrected chi connectivity index (χ1v) is 3.87. The third kappa shape index (κ3) is 2.25. The van der Waals surface area contributed by atoms with Crippen LogP contribution in [0.2, 0.25) is 5.02 Å². The number of nitrogens with two attached hydrogens (primary N) is 1. The van der Waals surface area contributed by atoms with Crippen LogP contribution >= 0.6 is 11.6 Å². The van der Waals surface area contributed by atoms with Crippen LogP contribution in [0.3, 0.4) is 0 Å². The second-order valence-electron chi connectivity index (χ2n) is 2.25. The minimum absolute atomic E-state index is 0.0440. The van der Waals surface area contributed by atoms with Gasteiger partial charge in [0.2, 0.25) is 0 Å². The van der Waals surface area contributed by atoms with Crippen molar-refractivity contribution in [1.29, 1.82) is 0 Å². The van der Waals surface area contributed by atoms with Crippen molar-refractivity contribution in [2.75, 3.05) is 24.2 Å². The fourth-order valence-corrected chi connectivity index (χ4v) is 0.999.